The molecule has 30 heavy (non-hydrogen) atoms. The van der Waals surface area contributed by atoms with Crippen molar-refractivity contribution in [3.05, 3.63) is 72.8 Å². The van der Waals surface area contributed by atoms with E-state index in [0.29, 0.717) is 10.9 Å². The van der Waals surface area contributed by atoms with Crippen molar-refractivity contribution in [3.8, 4) is 11.5 Å². The van der Waals surface area contributed by atoms with Gasteiger partial charge < -0.3 is 29.6 Å². The van der Waals surface area contributed by atoms with Gasteiger partial charge in [0.15, 0.2) is 0 Å². The summed E-state index contributed by atoms with van der Waals surface area (Å²) in [7, 11) is 0.273. The van der Waals surface area contributed by atoms with Crippen LogP contribution in [-0.4, -0.2) is 48.6 Å². The maximum Gasteiger partial charge on any atom is 0.489 e. The highest BCUT2D eigenvalue weighted by Gasteiger charge is 2.16. The van der Waals surface area contributed by atoms with Crippen molar-refractivity contribution < 1.29 is 29.6 Å². The lowest BCUT2D eigenvalue weighted by Gasteiger charge is -2.09. The largest absolute Gasteiger partial charge is 0.496 e. The summed E-state index contributed by atoms with van der Waals surface area (Å²) in [4.78, 5) is 0. The molecule has 0 radical (unpaired) electrons. The molecule has 4 rings (SSSR count). The van der Waals surface area contributed by atoms with Crippen LogP contribution in [0.4, 0.5) is 0 Å². The van der Waals surface area contributed by atoms with Crippen LogP contribution in [-0.2, 0) is 0 Å². The molecule has 0 amide bonds. The monoisotopic (exact) mass is 404 g/mol. The summed E-state index contributed by atoms with van der Waals surface area (Å²) < 4.78 is 10.4. The first-order chi connectivity index (χ1) is 14.5. The molecule has 0 spiro atoms. The predicted octanol–water partition coefficient (Wildman–Crippen LogP) is 1.06. The molecule has 0 aliphatic rings. The summed E-state index contributed by atoms with van der Waals surface area (Å²) in [6, 6.07) is 21.7. The fourth-order valence-corrected chi connectivity index (χ4v) is 3.40. The summed E-state index contributed by atoms with van der Waals surface area (Å²) in [5, 5.41) is 40.2. The molecule has 0 aliphatic heterocycles. The number of methoxy groups -OCH3 is 2. The second kappa shape index (κ2) is 9.65. The lowest BCUT2D eigenvalue weighted by atomic mass is 9.77. The first-order valence-electron chi connectivity index (χ1n) is 9.31. The standard InChI is InChI=1S/2C11H11BO3/c2*1-15-11-7-6-10(12(13)14)8-4-2-3-5-9(8)11/h2*2-7,13-14H,1H3. The molecule has 0 saturated carbocycles. The van der Waals surface area contributed by atoms with Gasteiger partial charge in [-0.2, -0.15) is 0 Å². The Morgan fingerprint density at radius 1 is 0.500 bits per heavy atom. The minimum Gasteiger partial charge on any atom is -0.496 e. The molecule has 0 aliphatic carbocycles. The SMILES string of the molecule is COc1ccc(B(O)O)c2ccccc12.COc1ccc(B(O)O)c2ccccc12. The Hall–Kier alpha value is -3.03. The summed E-state index contributed by atoms with van der Waals surface area (Å²) in [6.07, 6.45) is 0. The normalized spacial score (nSPS) is 10.3. The summed E-state index contributed by atoms with van der Waals surface area (Å²) in [5.74, 6) is 1.46. The number of ether oxygens (including phenoxy) is 2. The third-order valence-electron chi connectivity index (χ3n) is 4.83. The van der Waals surface area contributed by atoms with E-state index < -0.39 is 14.2 Å². The Labute approximate surface area is 175 Å². The Balaban J connectivity index is 0.000000171. The maximum atomic E-state index is 9.20. The van der Waals surface area contributed by atoms with Crippen LogP contribution < -0.4 is 20.4 Å². The van der Waals surface area contributed by atoms with Crippen molar-refractivity contribution in [2.75, 3.05) is 14.2 Å². The van der Waals surface area contributed by atoms with Gasteiger partial charge in [-0.1, -0.05) is 60.7 Å². The zero-order valence-electron chi connectivity index (χ0n) is 16.7. The third kappa shape index (κ3) is 4.42. The highest BCUT2D eigenvalue weighted by Crippen LogP contribution is 2.24. The minimum atomic E-state index is -1.46. The molecule has 8 heteroatoms. The molecule has 0 atom stereocenters. The Morgan fingerprint density at radius 3 is 1.13 bits per heavy atom. The number of benzene rings is 4. The first-order valence-corrected chi connectivity index (χ1v) is 9.31. The lowest BCUT2D eigenvalue weighted by molar-refractivity contribution is 0.418. The van der Waals surface area contributed by atoms with Crippen LogP contribution in [0.25, 0.3) is 21.5 Å². The van der Waals surface area contributed by atoms with Crippen LogP contribution in [0.15, 0.2) is 72.8 Å². The summed E-state index contributed by atoms with van der Waals surface area (Å²) >= 11 is 0. The van der Waals surface area contributed by atoms with E-state index in [4.69, 9.17) is 9.47 Å². The molecule has 0 heterocycles. The van der Waals surface area contributed by atoms with Crippen LogP contribution in [0, 0.1) is 0 Å². The van der Waals surface area contributed by atoms with Crippen LogP contribution in [0.5, 0.6) is 11.5 Å². The Kier molecular flexibility index (Phi) is 6.97. The van der Waals surface area contributed by atoms with Gasteiger partial charge in [-0.3, -0.25) is 0 Å². The Morgan fingerprint density at radius 2 is 0.833 bits per heavy atom. The molecule has 0 unspecified atom stereocenters. The zero-order valence-corrected chi connectivity index (χ0v) is 16.7. The van der Waals surface area contributed by atoms with Gasteiger partial charge in [-0.15, -0.1) is 0 Å². The van der Waals surface area contributed by atoms with Gasteiger partial charge in [0.1, 0.15) is 11.5 Å². The third-order valence-corrected chi connectivity index (χ3v) is 4.83. The highest BCUT2D eigenvalue weighted by molar-refractivity contribution is 6.62. The van der Waals surface area contributed by atoms with Gasteiger partial charge in [0.05, 0.1) is 14.2 Å². The molecule has 0 bridgehead atoms. The fourth-order valence-electron chi connectivity index (χ4n) is 3.40. The highest BCUT2D eigenvalue weighted by atomic mass is 16.5. The van der Waals surface area contributed by atoms with Gasteiger partial charge in [0, 0.05) is 10.8 Å². The van der Waals surface area contributed by atoms with E-state index in [1.807, 2.05) is 48.5 Å². The van der Waals surface area contributed by atoms with Crippen LogP contribution in [0.1, 0.15) is 0 Å². The molecule has 4 aromatic rings. The van der Waals surface area contributed by atoms with Crippen molar-refractivity contribution in [2.24, 2.45) is 0 Å². The van der Waals surface area contributed by atoms with Crippen molar-refractivity contribution in [2.45, 2.75) is 0 Å². The average molecular weight is 404 g/mol. The molecule has 4 N–H and O–H groups in total. The van der Waals surface area contributed by atoms with E-state index in [0.717, 1.165) is 33.0 Å². The average Bonchev–Trinajstić information content (AvgIpc) is 2.77. The van der Waals surface area contributed by atoms with Gasteiger partial charge in [0.2, 0.25) is 0 Å². The molecule has 4 aromatic carbocycles. The quantitative estimate of drug-likeness (QED) is 0.380. The number of rotatable bonds is 4. The van der Waals surface area contributed by atoms with Crippen LogP contribution >= 0.6 is 0 Å². The zero-order chi connectivity index (χ0) is 21.7. The second-order valence-corrected chi connectivity index (χ2v) is 6.55. The van der Waals surface area contributed by atoms with Gasteiger partial charge in [-0.25, -0.2) is 0 Å². The smallest absolute Gasteiger partial charge is 0.489 e. The van der Waals surface area contributed by atoms with Gasteiger partial charge in [0.25, 0.3) is 0 Å². The second-order valence-electron chi connectivity index (χ2n) is 6.55. The molecule has 152 valence electrons. The number of hydrogen-bond acceptors (Lipinski definition) is 6. The van der Waals surface area contributed by atoms with Crippen LogP contribution in [0.2, 0.25) is 0 Å². The van der Waals surface area contributed by atoms with E-state index in [-0.39, 0.29) is 0 Å². The molecule has 0 saturated heterocycles. The molecule has 0 fully saturated rings. The maximum absolute atomic E-state index is 9.20. The number of fused-ring (bicyclic) bond motifs is 2. The van der Waals surface area contributed by atoms with Crippen molar-refractivity contribution >= 4 is 46.7 Å². The van der Waals surface area contributed by atoms with Crippen LogP contribution in [0.3, 0.4) is 0 Å². The van der Waals surface area contributed by atoms with E-state index in [2.05, 4.69) is 0 Å². The van der Waals surface area contributed by atoms with E-state index in [1.165, 1.54) is 0 Å². The minimum absolute atomic E-state index is 0.492. The fraction of sp³-hybridized carbons (Fsp3) is 0.0909. The molecule has 0 aromatic heterocycles. The van der Waals surface area contributed by atoms with Crippen molar-refractivity contribution in [1.82, 2.24) is 0 Å². The van der Waals surface area contributed by atoms with Crippen molar-refractivity contribution in [1.29, 1.82) is 0 Å². The first kappa shape index (κ1) is 21.7. The van der Waals surface area contributed by atoms with Gasteiger partial charge in [-0.05, 0) is 33.8 Å². The summed E-state index contributed by atoms with van der Waals surface area (Å²) in [5.41, 5.74) is 0.984. The van der Waals surface area contributed by atoms with E-state index in [9.17, 15) is 20.1 Å². The van der Waals surface area contributed by atoms with Gasteiger partial charge >= 0.3 is 14.2 Å². The Bertz CT molecular complexity index is 1060. The topological polar surface area (TPSA) is 99.4 Å². The van der Waals surface area contributed by atoms with E-state index >= 15 is 0 Å². The number of hydrogen-bond donors (Lipinski definition) is 4. The molecular formula is C22H22B2O6. The predicted molar refractivity (Wildman–Crippen MR) is 121 cm³/mol. The molecule has 6 nitrogen and oxygen atoms in total. The van der Waals surface area contributed by atoms with E-state index in [1.54, 1.807) is 38.5 Å². The summed E-state index contributed by atoms with van der Waals surface area (Å²) in [6.45, 7) is 0. The lowest BCUT2D eigenvalue weighted by Crippen LogP contribution is -2.30. The van der Waals surface area contributed by atoms with Crippen molar-refractivity contribution in [3.63, 3.8) is 0 Å². The molecular weight excluding hydrogens is 382 g/mol.